The molecule has 1 aliphatic heterocycles. The normalized spacial score (nSPS) is 14.2. The summed E-state index contributed by atoms with van der Waals surface area (Å²) in [5.41, 5.74) is 2.90. The van der Waals surface area contributed by atoms with Crippen LogP contribution in [0.5, 0.6) is 0 Å². The van der Waals surface area contributed by atoms with Crippen LogP contribution in [-0.2, 0) is 23.0 Å². The Bertz CT molecular complexity index is 1220. The Kier molecular flexibility index (Phi) is 5.97. The summed E-state index contributed by atoms with van der Waals surface area (Å²) in [5.74, 6) is -0.328. The summed E-state index contributed by atoms with van der Waals surface area (Å²) >= 11 is 9.49. The van der Waals surface area contributed by atoms with Crippen molar-refractivity contribution in [3.05, 3.63) is 92.9 Å². The maximum absolute atomic E-state index is 13.0. The molecule has 30 heavy (non-hydrogen) atoms. The van der Waals surface area contributed by atoms with Crippen molar-refractivity contribution >= 4 is 49.1 Å². The quantitative estimate of drug-likeness (QED) is 0.536. The van der Waals surface area contributed by atoms with Crippen LogP contribution >= 0.6 is 27.5 Å². The number of carbonyl (C=O) groups excluding carboxylic acids is 1. The van der Waals surface area contributed by atoms with Gasteiger partial charge in [0.1, 0.15) is 0 Å². The maximum Gasteiger partial charge on any atom is 0.257 e. The molecule has 3 aromatic rings. The molecule has 1 N–H and O–H groups in total. The van der Waals surface area contributed by atoms with E-state index < -0.39 is 10.0 Å². The number of hydrogen-bond donors (Lipinski definition) is 1. The number of sulfonamides is 1. The summed E-state index contributed by atoms with van der Waals surface area (Å²) in [7, 11) is -3.57. The van der Waals surface area contributed by atoms with E-state index in [1.165, 1.54) is 4.31 Å². The van der Waals surface area contributed by atoms with Gasteiger partial charge in [0.15, 0.2) is 0 Å². The Morgan fingerprint density at radius 2 is 1.77 bits per heavy atom. The Balaban J connectivity index is 1.56. The van der Waals surface area contributed by atoms with Crippen LogP contribution < -0.4 is 5.32 Å². The highest BCUT2D eigenvalue weighted by molar-refractivity contribution is 9.10. The summed E-state index contributed by atoms with van der Waals surface area (Å²) in [6, 6.07) is 19.1. The second-order valence-electron chi connectivity index (χ2n) is 6.96. The summed E-state index contributed by atoms with van der Waals surface area (Å²) in [5, 5.41) is 3.20. The molecular formula is C22H18BrClN2O3S. The second-order valence-corrected chi connectivity index (χ2v) is 10.2. The van der Waals surface area contributed by atoms with E-state index in [1.54, 1.807) is 48.5 Å². The number of nitrogens with one attached hydrogen (secondary N) is 1. The molecule has 1 aliphatic rings. The van der Waals surface area contributed by atoms with Crippen LogP contribution in [0.2, 0.25) is 5.02 Å². The zero-order chi connectivity index (χ0) is 21.3. The fourth-order valence-corrected chi connectivity index (χ4v) is 5.43. The molecule has 4 rings (SSSR count). The molecule has 0 saturated carbocycles. The molecule has 0 spiro atoms. The van der Waals surface area contributed by atoms with Gasteiger partial charge in [-0.05, 0) is 60.0 Å². The van der Waals surface area contributed by atoms with Gasteiger partial charge in [0, 0.05) is 23.2 Å². The van der Waals surface area contributed by atoms with Gasteiger partial charge >= 0.3 is 0 Å². The molecule has 5 nitrogen and oxygen atoms in total. The first-order valence-electron chi connectivity index (χ1n) is 9.28. The fraction of sp³-hybridized carbons (Fsp3) is 0.136. The van der Waals surface area contributed by atoms with Crippen LogP contribution in [0.3, 0.4) is 0 Å². The number of anilines is 1. The van der Waals surface area contributed by atoms with Crippen molar-refractivity contribution in [2.45, 2.75) is 17.9 Å². The zero-order valence-corrected chi connectivity index (χ0v) is 19.0. The minimum Gasteiger partial charge on any atom is -0.322 e. The van der Waals surface area contributed by atoms with E-state index in [-0.39, 0.29) is 17.3 Å². The number of halogens is 2. The zero-order valence-electron chi connectivity index (χ0n) is 15.8. The van der Waals surface area contributed by atoms with E-state index in [9.17, 15) is 13.2 Å². The van der Waals surface area contributed by atoms with Crippen LogP contribution in [-0.4, -0.2) is 25.2 Å². The third-order valence-corrected chi connectivity index (χ3v) is 7.68. The molecule has 0 aliphatic carbocycles. The van der Waals surface area contributed by atoms with E-state index >= 15 is 0 Å². The maximum atomic E-state index is 13.0. The lowest BCUT2D eigenvalue weighted by Gasteiger charge is -2.28. The largest absolute Gasteiger partial charge is 0.322 e. The van der Waals surface area contributed by atoms with E-state index in [4.69, 9.17) is 11.6 Å². The van der Waals surface area contributed by atoms with Gasteiger partial charge in [0.05, 0.1) is 15.5 Å². The van der Waals surface area contributed by atoms with Crippen molar-refractivity contribution in [1.29, 1.82) is 0 Å². The topological polar surface area (TPSA) is 66.5 Å². The lowest BCUT2D eigenvalue weighted by atomic mass is 10.0. The highest BCUT2D eigenvalue weighted by atomic mass is 79.9. The Labute approximate surface area is 188 Å². The van der Waals surface area contributed by atoms with Gasteiger partial charge in [0.25, 0.3) is 5.91 Å². The predicted octanol–water partition coefficient (Wildman–Crippen LogP) is 5.10. The molecule has 1 heterocycles. The van der Waals surface area contributed by atoms with E-state index in [2.05, 4.69) is 21.2 Å². The van der Waals surface area contributed by atoms with Crippen LogP contribution in [0.15, 0.2) is 76.1 Å². The molecule has 0 fully saturated rings. The predicted molar refractivity (Wildman–Crippen MR) is 121 cm³/mol. The highest BCUT2D eigenvalue weighted by Gasteiger charge is 2.28. The van der Waals surface area contributed by atoms with Crippen LogP contribution in [0, 0.1) is 0 Å². The molecule has 0 radical (unpaired) electrons. The molecular weight excluding hydrogens is 488 g/mol. The van der Waals surface area contributed by atoms with Gasteiger partial charge in [-0.1, -0.05) is 51.8 Å². The summed E-state index contributed by atoms with van der Waals surface area (Å²) < 4.78 is 28.1. The fourth-order valence-electron chi connectivity index (χ4n) is 3.43. The first kappa shape index (κ1) is 21.1. The average molecular weight is 506 g/mol. The number of nitrogens with zero attached hydrogens (tertiary/aromatic N) is 1. The number of rotatable bonds is 4. The minimum atomic E-state index is -3.57. The smallest absolute Gasteiger partial charge is 0.257 e. The minimum absolute atomic E-state index is 0.258. The second kappa shape index (κ2) is 8.51. The molecule has 0 atom stereocenters. The third kappa shape index (κ3) is 4.30. The lowest BCUT2D eigenvalue weighted by molar-refractivity contribution is 0.102. The molecule has 0 saturated heterocycles. The summed E-state index contributed by atoms with van der Waals surface area (Å²) in [4.78, 5) is 12.9. The van der Waals surface area contributed by atoms with Gasteiger partial charge in [-0.3, -0.25) is 4.79 Å². The van der Waals surface area contributed by atoms with Crippen molar-refractivity contribution in [3.8, 4) is 0 Å². The SMILES string of the molecule is O=C(Nc1ccc2c(c1)CN(S(=O)(=O)c1ccccc1)CC2)c1cc(Br)ccc1Cl. The van der Waals surface area contributed by atoms with E-state index in [0.29, 0.717) is 29.2 Å². The Morgan fingerprint density at radius 3 is 2.53 bits per heavy atom. The molecule has 0 bridgehead atoms. The average Bonchev–Trinajstić information content (AvgIpc) is 2.75. The van der Waals surface area contributed by atoms with E-state index in [0.717, 1.165) is 15.6 Å². The Morgan fingerprint density at radius 1 is 1.00 bits per heavy atom. The molecule has 0 unspecified atom stereocenters. The molecule has 1 amide bonds. The van der Waals surface area contributed by atoms with Gasteiger partial charge < -0.3 is 5.32 Å². The first-order chi connectivity index (χ1) is 14.3. The number of benzene rings is 3. The summed E-state index contributed by atoms with van der Waals surface area (Å²) in [6.45, 7) is 0.678. The van der Waals surface area contributed by atoms with Crippen molar-refractivity contribution in [3.63, 3.8) is 0 Å². The van der Waals surface area contributed by atoms with Gasteiger partial charge in [-0.25, -0.2) is 8.42 Å². The van der Waals surface area contributed by atoms with E-state index in [1.807, 2.05) is 18.2 Å². The van der Waals surface area contributed by atoms with Crippen molar-refractivity contribution in [1.82, 2.24) is 4.31 Å². The molecule has 0 aromatic heterocycles. The summed E-state index contributed by atoms with van der Waals surface area (Å²) in [6.07, 6.45) is 0.618. The van der Waals surface area contributed by atoms with Crippen LogP contribution in [0.25, 0.3) is 0 Å². The van der Waals surface area contributed by atoms with Crippen LogP contribution in [0.1, 0.15) is 21.5 Å². The third-order valence-electron chi connectivity index (χ3n) is 5.00. The van der Waals surface area contributed by atoms with Crippen molar-refractivity contribution in [2.24, 2.45) is 0 Å². The number of carbonyl (C=O) groups is 1. The van der Waals surface area contributed by atoms with Crippen molar-refractivity contribution < 1.29 is 13.2 Å². The highest BCUT2D eigenvalue weighted by Crippen LogP contribution is 2.28. The first-order valence-corrected chi connectivity index (χ1v) is 11.9. The number of fused-ring (bicyclic) bond motifs is 1. The monoisotopic (exact) mass is 504 g/mol. The molecule has 154 valence electrons. The molecule has 3 aromatic carbocycles. The van der Waals surface area contributed by atoms with Crippen molar-refractivity contribution in [2.75, 3.05) is 11.9 Å². The lowest BCUT2D eigenvalue weighted by Crippen LogP contribution is -2.36. The van der Waals surface area contributed by atoms with Gasteiger partial charge in [-0.15, -0.1) is 0 Å². The number of hydrogen-bond acceptors (Lipinski definition) is 3. The van der Waals surface area contributed by atoms with Gasteiger partial charge in [-0.2, -0.15) is 4.31 Å². The molecule has 8 heteroatoms. The van der Waals surface area contributed by atoms with Crippen LogP contribution in [0.4, 0.5) is 5.69 Å². The Hall–Kier alpha value is -2.19. The van der Waals surface area contributed by atoms with Gasteiger partial charge in [0.2, 0.25) is 10.0 Å². The standard InChI is InChI=1S/C22H18BrClN2O3S/c23-17-7-9-21(24)20(13-17)22(27)25-18-8-6-15-10-11-26(14-16(15)12-18)30(28,29)19-4-2-1-3-5-19/h1-9,12-13H,10-11,14H2,(H,25,27). The number of amides is 1.